The molecule has 3 aromatic carbocycles. The molecule has 3 aromatic rings. The van der Waals surface area contributed by atoms with Gasteiger partial charge >= 0.3 is 0 Å². The number of carbonyl (C=O) groups excluding carboxylic acids is 1. The van der Waals surface area contributed by atoms with Gasteiger partial charge in [0.05, 0.1) is 22.3 Å². The molecule has 4 rings (SSSR count). The first kappa shape index (κ1) is 21.9. The summed E-state index contributed by atoms with van der Waals surface area (Å²) in [6, 6.07) is 24.8. The Morgan fingerprint density at radius 1 is 0.969 bits per heavy atom. The second kappa shape index (κ2) is 10.3. The van der Waals surface area contributed by atoms with Gasteiger partial charge in [-0.05, 0) is 54.4 Å². The molecule has 162 valence electrons. The van der Waals surface area contributed by atoms with Crippen LogP contribution in [0.25, 0.3) is 0 Å². The van der Waals surface area contributed by atoms with E-state index in [9.17, 15) is 4.79 Å². The number of hydrogen-bond donors (Lipinski definition) is 1. The number of piperazine rings is 1. The zero-order valence-corrected chi connectivity index (χ0v) is 18.6. The third kappa shape index (κ3) is 5.47. The highest BCUT2D eigenvalue weighted by molar-refractivity contribution is 6.33. The van der Waals surface area contributed by atoms with Gasteiger partial charge in [0.2, 0.25) is 0 Å². The number of rotatable bonds is 6. The van der Waals surface area contributed by atoms with Gasteiger partial charge in [-0.3, -0.25) is 9.69 Å². The number of nitriles is 1. The number of anilines is 2. The number of amides is 1. The Morgan fingerprint density at radius 3 is 2.38 bits per heavy atom. The van der Waals surface area contributed by atoms with Crippen LogP contribution in [0.4, 0.5) is 11.4 Å². The quantitative estimate of drug-likeness (QED) is 0.591. The molecule has 5 nitrogen and oxygen atoms in total. The Kier molecular flexibility index (Phi) is 7.06. The van der Waals surface area contributed by atoms with Crippen LogP contribution < -0.4 is 10.2 Å². The highest BCUT2D eigenvalue weighted by atomic mass is 35.5. The summed E-state index contributed by atoms with van der Waals surface area (Å²) in [6.07, 6.45) is 1.05. The van der Waals surface area contributed by atoms with Crippen molar-refractivity contribution >= 4 is 28.9 Å². The second-order valence-corrected chi connectivity index (χ2v) is 8.28. The topological polar surface area (TPSA) is 59.4 Å². The fraction of sp³-hybridized carbons (Fsp3) is 0.231. The molecule has 6 heteroatoms. The lowest BCUT2D eigenvalue weighted by atomic mass is 10.1. The van der Waals surface area contributed by atoms with Gasteiger partial charge in [-0.25, -0.2) is 0 Å². The standard InChI is InChI=1S/C26H25ClN4O/c27-24-11-10-23(29-26(32)22-8-6-21(19-28)7-9-22)18-25(24)31-16-14-30(15-17-31)13-12-20-4-2-1-3-5-20/h1-11,18H,12-17H2,(H,29,32). The van der Waals surface area contributed by atoms with E-state index in [2.05, 4.69) is 45.5 Å². The van der Waals surface area contributed by atoms with E-state index < -0.39 is 0 Å². The summed E-state index contributed by atoms with van der Waals surface area (Å²) in [7, 11) is 0. The average molecular weight is 445 g/mol. The van der Waals surface area contributed by atoms with Gasteiger partial charge in [0.25, 0.3) is 5.91 Å². The zero-order valence-electron chi connectivity index (χ0n) is 17.8. The van der Waals surface area contributed by atoms with E-state index in [1.54, 1.807) is 24.3 Å². The Labute approximate surface area is 193 Å². The molecule has 0 spiro atoms. The molecule has 1 heterocycles. The largest absolute Gasteiger partial charge is 0.368 e. The van der Waals surface area contributed by atoms with Gasteiger partial charge in [0, 0.05) is 44.0 Å². The number of hydrogen-bond acceptors (Lipinski definition) is 4. The average Bonchev–Trinajstić information content (AvgIpc) is 2.85. The highest BCUT2D eigenvalue weighted by Gasteiger charge is 2.19. The highest BCUT2D eigenvalue weighted by Crippen LogP contribution is 2.30. The van der Waals surface area contributed by atoms with Crippen molar-refractivity contribution in [2.75, 3.05) is 42.9 Å². The molecule has 0 atom stereocenters. The molecule has 0 unspecified atom stereocenters. The van der Waals surface area contributed by atoms with E-state index in [1.165, 1.54) is 5.56 Å². The van der Waals surface area contributed by atoms with Crippen LogP contribution in [0.15, 0.2) is 72.8 Å². The molecule has 1 amide bonds. The smallest absolute Gasteiger partial charge is 0.255 e. The number of benzene rings is 3. The van der Waals surface area contributed by atoms with Gasteiger partial charge in [-0.1, -0.05) is 41.9 Å². The van der Waals surface area contributed by atoms with Crippen molar-refractivity contribution in [2.24, 2.45) is 0 Å². The van der Waals surface area contributed by atoms with Gasteiger partial charge in [-0.2, -0.15) is 5.26 Å². The normalized spacial score (nSPS) is 14.1. The SMILES string of the molecule is N#Cc1ccc(C(=O)Nc2ccc(Cl)c(N3CCN(CCc4ccccc4)CC3)c2)cc1. The molecule has 32 heavy (non-hydrogen) atoms. The minimum Gasteiger partial charge on any atom is -0.368 e. The molecular weight excluding hydrogens is 420 g/mol. The Hall–Kier alpha value is -3.33. The van der Waals surface area contributed by atoms with Crippen LogP contribution in [0.2, 0.25) is 5.02 Å². The fourth-order valence-electron chi connectivity index (χ4n) is 3.88. The minimum absolute atomic E-state index is 0.214. The summed E-state index contributed by atoms with van der Waals surface area (Å²) in [5.41, 5.74) is 4.03. The molecule has 0 aromatic heterocycles. The molecule has 0 bridgehead atoms. The van der Waals surface area contributed by atoms with E-state index in [0.717, 1.165) is 44.8 Å². The maximum absolute atomic E-state index is 12.6. The Balaban J connectivity index is 1.35. The molecule has 0 aliphatic carbocycles. The van der Waals surface area contributed by atoms with Crippen LogP contribution in [0.1, 0.15) is 21.5 Å². The minimum atomic E-state index is -0.214. The molecule has 1 fully saturated rings. The monoisotopic (exact) mass is 444 g/mol. The Morgan fingerprint density at radius 2 is 1.69 bits per heavy atom. The number of nitrogens with one attached hydrogen (secondary N) is 1. The van der Waals surface area contributed by atoms with Gasteiger partial charge in [0.1, 0.15) is 0 Å². The molecular formula is C26H25ClN4O. The van der Waals surface area contributed by atoms with Crippen LogP contribution in [0, 0.1) is 11.3 Å². The summed E-state index contributed by atoms with van der Waals surface area (Å²) in [4.78, 5) is 17.3. The van der Waals surface area contributed by atoms with Crippen LogP contribution >= 0.6 is 11.6 Å². The Bertz CT molecular complexity index is 1100. The predicted octanol–water partition coefficient (Wildman–Crippen LogP) is 4.83. The lowest BCUT2D eigenvalue weighted by molar-refractivity contribution is 0.102. The molecule has 1 aliphatic heterocycles. The third-order valence-electron chi connectivity index (χ3n) is 5.75. The zero-order chi connectivity index (χ0) is 22.3. The maximum Gasteiger partial charge on any atom is 0.255 e. The van der Waals surface area contributed by atoms with Crippen molar-refractivity contribution in [3.05, 3.63) is 94.5 Å². The van der Waals surface area contributed by atoms with E-state index in [1.807, 2.05) is 24.3 Å². The summed E-state index contributed by atoms with van der Waals surface area (Å²) >= 11 is 6.50. The van der Waals surface area contributed by atoms with Crippen molar-refractivity contribution < 1.29 is 4.79 Å². The summed E-state index contributed by atoms with van der Waals surface area (Å²) in [5, 5.41) is 12.5. The van der Waals surface area contributed by atoms with Crippen LogP contribution in [-0.2, 0) is 6.42 Å². The first-order valence-corrected chi connectivity index (χ1v) is 11.1. The first-order valence-electron chi connectivity index (χ1n) is 10.7. The molecule has 1 saturated heterocycles. The predicted molar refractivity (Wildman–Crippen MR) is 129 cm³/mol. The molecule has 0 saturated carbocycles. The summed E-state index contributed by atoms with van der Waals surface area (Å²) in [5.74, 6) is -0.214. The van der Waals surface area contributed by atoms with Crippen molar-refractivity contribution in [3.8, 4) is 6.07 Å². The van der Waals surface area contributed by atoms with Crippen LogP contribution in [-0.4, -0.2) is 43.5 Å². The fourth-order valence-corrected chi connectivity index (χ4v) is 4.11. The third-order valence-corrected chi connectivity index (χ3v) is 6.07. The summed E-state index contributed by atoms with van der Waals surface area (Å²) in [6.45, 7) is 4.78. The van der Waals surface area contributed by atoms with Crippen molar-refractivity contribution in [1.82, 2.24) is 4.90 Å². The lowest BCUT2D eigenvalue weighted by Crippen LogP contribution is -2.47. The lowest BCUT2D eigenvalue weighted by Gasteiger charge is -2.36. The van der Waals surface area contributed by atoms with Crippen molar-refractivity contribution in [1.29, 1.82) is 5.26 Å². The van der Waals surface area contributed by atoms with Crippen LogP contribution in [0.5, 0.6) is 0 Å². The van der Waals surface area contributed by atoms with Crippen molar-refractivity contribution in [3.63, 3.8) is 0 Å². The second-order valence-electron chi connectivity index (χ2n) is 7.87. The number of halogens is 1. The van der Waals surface area contributed by atoms with E-state index >= 15 is 0 Å². The maximum atomic E-state index is 12.6. The number of carbonyl (C=O) groups is 1. The molecule has 0 radical (unpaired) electrons. The van der Waals surface area contributed by atoms with Crippen molar-refractivity contribution in [2.45, 2.75) is 6.42 Å². The van der Waals surface area contributed by atoms with E-state index in [-0.39, 0.29) is 5.91 Å². The van der Waals surface area contributed by atoms with Gasteiger partial charge < -0.3 is 10.2 Å². The van der Waals surface area contributed by atoms with Gasteiger partial charge in [0.15, 0.2) is 0 Å². The van der Waals surface area contributed by atoms with E-state index in [0.29, 0.717) is 21.8 Å². The molecule has 1 aliphatic rings. The van der Waals surface area contributed by atoms with Gasteiger partial charge in [-0.15, -0.1) is 0 Å². The van der Waals surface area contributed by atoms with E-state index in [4.69, 9.17) is 16.9 Å². The summed E-state index contributed by atoms with van der Waals surface area (Å²) < 4.78 is 0. The number of nitrogens with zero attached hydrogens (tertiary/aromatic N) is 3. The van der Waals surface area contributed by atoms with Crippen LogP contribution in [0.3, 0.4) is 0 Å². The molecule has 1 N–H and O–H groups in total. The first-order chi connectivity index (χ1) is 15.6.